The summed E-state index contributed by atoms with van der Waals surface area (Å²) >= 11 is 0. The molecule has 1 aliphatic rings. The Hall–Kier alpha value is -1.49. The first kappa shape index (κ1) is 11.0. The molecule has 1 fully saturated rings. The van der Waals surface area contributed by atoms with E-state index >= 15 is 0 Å². The van der Waals surface area contributed by atoms with Crippen molar-refractivity contribution >= 4 is 5.97 Å². The monoisotopic (exact) mass is 228 g/mol. The minimum absolute atomic E-state index is 0.141. The normalized spacial score (nSPS) is 17.9. The number of rotatable bonds is 3. The Morgan fingerprint density at radius 2 is 2.06 bits per heavy atom. The van der Waals surface area contributed by atoms with Crippen molar-refractivity contribution < 1.29 is 23.4 Å². The molecule has 1 N–H and O–H groups in total. The number of aliphatic carboxylic acids is 1. The second kappa shape index (κ2) is 3.83. The molecule has 0 radical (unpaired) electrons. The maximum Gasteiger partial charge on any atom is 0.304 e. The summed E-state index contributed by atoms with van der Waals surface area (Å²) in [7, 11) is 0. The van der Waals surface area contributed by atoms with Gasteiger partial charge in [-0.1, -0.05) is 6.07 Å². The molecule has 1 aliphatic heterocycles. The molecule has 1 aromatic carbocycles. The van der Waals surface area contributed by atoms with Crippen LogP contribution >= 0.6 is 0 Å². The molecule has 0 amide bonds. The van der Waals surface area contributed by atoms with E-state index < -0.39 is 23.0 Å². The molecule has 1 heterocycles. The minimum Gasteiger partial charge on any atom is -0.481 e. The van der Waals surface area contributed by atoms with Gasteiger partial charge in [-0.2, -0.15) is 0 Å². The van der Waals surface area contributed by atoms with Gasteiger partial charge in [-0.15, -0.1) is 0 Å². The smallest absolute Gasteiger partial charge is 0.304 e. The Morgan fingerprint density at radius 1 is 1.38 bits per heavy atom. The van der Waals surface area contributed by atoms with Gasteiger partial charge >= 0.3 is 5.97 Å². The first-order chi connectivity index (χ1) is 7.53. The molecular formula is C11H10F2O3. The molecule has 1 aromatic rings. The molecule has 1 saturated heterocycles. The van der Waals surface area contributed by atoms with E-state index in [1.807, 2.05) is 0 Å². The molecule has 0 aliphatic carbocycles. The first-order valence-corrected chi connectivity index (χ1v) is 4.79. The number of carboxylic acids is 1. The van der Waals surface area contributed by atoms with Crippen molar-refractivity contribution in [3.05, 3.63) is 35.4 Å². The maximum absolute atomic E-state index is 13.0. The van der Waals surface area contributed by atoms with Crippen LogP contribution in [-0.4, -0.2) is 24.3 Å². The van der Waals surface area contributed by atoms with Crippen LogP contribution in [-0.2, 0) is 14.9 Å². The topological polar surface area (TPSA) is 46.5 Å². The third-order valence-electron chi connectivity index (χ3n) is 2.78. The minimum atomic E-state index is -0.979. The van der Waals surface area contributed by atoms with Gasteiger partial charge in [-0.05, 0) is 17.7 Å². The number of benzene rings is 1. The fourth-order valence-electron chi connectivity index (χ4n) is 1.83. The number of carbonyl (C=O) groups is 1. The van der Waals surface area contributed by atoms with E-state index in [9.17, 15) is 13.6 Å². The van der Waals surface area contributed by atoms with Gasteiger partial charge in [0.25, 0.3) is 0 Å². The van der Waals surface area contributed by atoms with E-state index in [1.54, 1.807) is 0 Å². The van der Waals surface area contributed by atoms with Crippen molar-refractivity contribution in [1.82, 2.24) is 0 Å². The highest BCUT2D eigenvalue weighted by molar-refractivity contribution is 5.69. The van der Waals surface area contributed by atoms with Crippen LogP contribution in [0.25, 0.3) is 0 Å². The number of carboxylic acid groups (broad SMARTS) is 1. The van der Waals surface area contributed by atoms with Gasteiger partial charge in [-0.3, -0.25) is 4.79 Å². The van der Waals surface area contributed by atoms with Crippen molar-refractivity contribution in [3.8, 4) is 0 Å². The Morgan fingerprint density at radius 3 is 2.50 bits per heavy atom. The highest BCUT2D eigenvalue weighted by atomic mass is 19.2. The number of halogens is 2. The lowest BCUT2D eigenvalue weighted by molar-refractivity contribution is -0.145. The fraction of sp³-hybridized carbons (Fsp3) is 0.364. The molecule has 0 saturated carbocycles. The van der Waals surface area contributed by atoms with Crippen molar-refractivity contribution in [2.75, 3.05) is 13.2 Å². The summed E-state index contributed by atoms with van der Waals surface area (Å²) < 4.78 is 30.8. The molecule has 3 nitrogen and oxygen atoms in total. The predicted molar refractivity (Wildman–Crippen MR) is 51.1 cm³/mol. The highest BCUT2D eigenvalue weighted by Gasteiger charge is 2.42. The van der Waals surface area contributed by atoms with Crippen LogP contribution < -0.4 is 0 Å². The largest absolute Gasteiger partial charge is 0.481 e. The third kappa shape index (κ3) is 1.78. The van der Waals surface area contributed by atoms with E-state index in [0.717, 1.165) is 12.1 Å². The Balaban J connectivity index is 2.33. The second-order valence-corrected chi connectivity index (χ2v) is 3.97. The Bertz CT molecular complexity index is 427. The van der Waals surface area contributed by atoms with E-state index in [1.165, 1.54) is 6.07 Å². The summed E-state index contributed by atoms with van der Waals surface area (Å²) in [6, 6.07) is 3.46. The van der Waals surface area contributed by atoms with E-state index in [2.05, 4.69) is 0 Å². The van der Waals surface area contributed by atoms with Crippen LogP contribution in [0, 0.1) is 11.6 Å². The molecule has 2 rings (SSSR count). The average molecular weight is 228 g/mol. The van der Waals surface area contributed by atoms with Crippen molar-refractivity contribution in [2.45, 2.75) is 11.8 Å². The zero-order valence-corrected chi connectivity index (χ0v) is 8.37. The lowest BCUT2D eigenvalue weighted by Crippen LogP contribution is -2.48. The SMILES string of the molecule is O=C(O)CC1(c2ccc(F)c(F)c2)COC1. The molecule has 0 aromatic heterocycles. The van der Waals surface area contributed by atoms with Gasteiger partial charge in [0.05, 0.1) is 25.0 Å². The number of hydrogen-bond acceptors (Lipinski definition) is 2. The molecule has 5 heteroatoms. The van der Waals surface area contributed by atoms with Crippen LogP contribution in [0.3, 0.4) is 0 Å². The maximum atomic E-state index is 13.0. The quantitative estimate of drug-likeness (QED) is 0.856. The summed E-state index contributed by atoms with van der Waals surface area (Å²) in [6.07, 6.45) is -0.141. The molecule has 86 valence electrons. The van der Waals surface area contributed by atoms with Crippen LogP contribution in [0.4, 0.5) is 8.78 Å². The van der Waals surface area contributed by atoms with Crippen molar-refractivity contribution in [2.24, 2.45) is 0 Å². The second-order valence-electron chi connectivity index (χ2n) is 3.97. The highest BCUT2D eigenvalue weighted by Crippen LogP contribution is 2.36. The van der Waals surface area contributed by atoms with Gasteiger partial charge in [0, 0.05) is 0 Å². The molecular weight excluding hydrogens is 218 g/mol. The zero-order chi connectivity index (χ0) is 11.8. The van der Waals surface area contributed by atoms with Gasteiger partial charge in [0.2, 0.25) is 0 Å². The number of ether oxygens (including phenoxy) is 1. The van der Waals surface area contributed by atoms with Crippen LogP contribution in [0.5, 0.6) is 0 Å². The first-order valence-electron chi connectivity index (χ1n) is 4.79. The zero-order valence-electron chi connectivity index (χ0n) is 8.37. The third-order valence-corrected chi connectivity index (χ3v) is 2.78. The van der Waals surface area contributed by atoms with Gasteiger partial charge in [0.15, 0.2) is 11.6 Å². The lowest BCUT2D eigenvalue weighted by Gasteiger charge is -2.40. The van der Waals surface area contributed by atoms with Crippen LogP contribution in [0.1, 0.15) is 12.0 Å². The van der Waals surface area contributed by atoms with E-state index in [0.29, 0.717) is 5.56 Å². The summed E-state index contributed by atoms with van der Waals surface area (Å²) in [4.78, 5) is 10.7. The standard InChI is InChI=1S/C11H10F2O3/c12-8-2-1-7(3-9(8)13)11(4-10(14)15)5-16-6-11/h1-3H,4-6H2,(H,14,15). The van der Waals surface area contributed by atoms with Crippen LogP contribution in [0.2, 0.25) is 0 Å². The Kier molecular flexibility index (Phi) is 2.63. The lowest BCUT2D eigenvalue weighted by atomic mass is 9.76. The predicted octanol–water partition coefficient (Wildman–Crippen LogP) is 1.71. The van der Waals surface area contributed by atoms with Crippen LogP contribution in [0.15, 0.2) is 18.2 Å². The van der Waals surface area contributed by atoms with Crippen molar-refractivity contribution in [3.63, 3.8) is 0 Å². The average Bonchev–Trinajstić information content (AvgIpc) is 2.16. The molecule has 0 bridgehead atoms. The van der Waals surface area contributed by atoms with Gasteiger partial charge in [-0.25, -0.2) is 8.78 Å². The molecule has 16 heavy (non-hydrogen) atoms. The van der Waals surface area contributed by atoms with Gasteiger partial charge < -0.3 is 9.84 Å². The fourth-order valence-corrected chi connectivity index (χ4v) is 1.83. The molecule has 0 spiro atoms. The van der Waals surface area contributed by atoms with Gasteiger partial charge in [0.1, 0.15) is 0 Å². The Labute approximate surface area is 90.7 Å². The molecule has 0 atom stereocenters. The molecule has 0 unspecified atom stereocenters. The van der Waals surface area contributed by atoms with E-state index in [-0.39, 0.29) is 19.6 Å². The van der Waals surface area contributed by atoms with Crippen molar-refractivity contribution in [1.29, 1.82) is 0 Å². The summed E-state index contributed by atoms with van der Waals surface area (Å²) in [5.74, 6) is -2.88. The summed E-state index contributed by atoms with van der Waals surface area (Å²) in [5.41, 5.74) is -0.236. The van der Waals surface area contributed by atoms with E-state index in [4.69, 9.17) is 9.84 Å². The summed E-state index contributed by atoms with van der Waals surface area (Å²) in [5, 5.41) is 8.78. The number of hydrogen-bond donors (Lipinski definition) is 1. The summed E-state index contributed by atoms with van der Waals surface area (Å²) in [6.45, 7) is 0.453.